The Hall–Kier alpha value is -4.30. The zero-order valence-corrected chi connectivity index (χ0v) is 19.8. The SMILES string of the molecule is CC(C)N=c1cc2n(-c3ccc(Cl)cc3)c3ccccc3nc-2cc1Nc1ncccc1[N+](=O)[O-]. The van der Waals surface area contributed by atoms with Gasteiger partial charge in [0.2, 0.25) is 5.82 Å². The molecule has 35 heavy (non-hydrogen) atoms. The molecule has 0 saturated carbocycles. The van der Waals surface area contributed by atoms with E-state index >= 15 is 0 Å². The van der Waals surface area contributed by atoms with Crippen LogP contribution in [0.4, 0.5) is 17.2 Å². The number of hydrogen-bond donors (Lipinski definition) is 1. The number of nitrogens with zero attached hydrogens (tertiary/aromatic N) is 5. The fourth-order valence-corrected chi connectivity index (χ4v) is 4.09. The Kier molecular flexibility index (Phi) is 5.88. The average molecular weight is 485 g/mol. The van der Waals surface area contributed by atoms with Gasteiger partial charge in [-0.2, -0.15) is 0 Å². The Morgan fingerprint density at radius 2 is 1.83 bits per heavy atom. The second-order valence-corrected chi connectivity index (χ2v) is 8.68. The molecule has 0 radical (unpaired) electrons. The van der Waals surface area contributed by atoms with Crippen molar-refractivity contribution in [2.45, 2.75) is 19.9 Å². The minimum atomic E-state index is -0.462. The summed E-state index contributed by atoms with van der Waals surface area (Å²) in [5.74, 6) is 0.142. The summed E-state index contributed by atoms with van der Waals surface area (Å²) in [7, 11) is 0. The highest BCUT2D eigenvalue weighted by molar-refractivity contribution is 6.30. The van der Waals surface area contributed by atoms with Crippen LogP contribution in [-0.2, 0) is 0 Å². The summed E-state index contributed by atoms with van der Waals surface area (Å²) < 4.78 is 2.11. The summed E-state index contributed by atoms with van der Waals surface area (Å²) in [4.78, 5) is 24.9. The van der Waals surface area contributed by atoms with Gasteiger partial charge in [-0.05, 0) is 68.4 Å². The molecule has 2 aliphatic rings. The summed E-state index contributed by atoms with van der Waals surface area (Å²) in [5.41, 5.74) is 4.66. The number of halogens is 1. The molecule has 0 bridgehead atoms. The Balaban J connectivity index is 1.81. The van der Waals surface area contributed by atoms with E-state index < -0.39 is 4.92 Å². The Morgan fingerprint density at radius 1 is 1.06 bits per heavy atom. The van der Waals surface area contributed by atoms with Crippen LogP contribution in [0.3, 0.4) is 0 Å². The molecule has 0 saturated heterocycles. The largest absolute Gasteiger partial charge is 0.333 e. The number of hydrogen-bond acceptors (Lipinski definition) is 6. The molecule has 0 spiro atoms. The quantitative estimate of drug-likeness (QED) is 0.183. The zero-order valence-electron chi connectivity index (χ0n) is 19.0. The van der Waals surface area contributed by atoms with Gasteiger partial charge in [0, 0.05) is 29.0 Å². The maximum Gasteiger partial charge on any atom is 0.311 e. The highest BCUT2D eigenvalue weighted by Crippen LogP contribution is 2.31. The first kappa shape index (κ1) is 22.5. The lowest BCUT2D eigenvalue weighted by atomic mass is 10.1. The standard InChI is InChI=1S/C26H21ClN6O2/c1-16(2)29-21-15-25-22(14-20(21)31-26-24(33(34)35)8-5-13-28-26)30-19-6-3-4-7-23(19)32(25)18-11-9-17(27)10-12-18/h3-16H,1-2H3,(H,28,31). The molecule has 1 aromatic heterocycles. The predicted octanol–water partition coefficient (Wildman–Crippen LogP) is 6.14. The van der Waals surface area contributed by atoms with Crippen LogP contribution in [0.15, 0.2) is 84.0 Å². The van der Waals surface area contributed by atoms with Crippen LogP contribution in [0.5, 0.6) is 0 Å². The maximum absolute atomic E-state index is 11.5. The third-order valence-corrected chi connectivity index (χ3v) is 5.67. The van der Waals surface area contributed by atoms with E-state index in [1.54, 1.807) is 0 Å². The van der Waals surface area contributed by atoms with Gasteiger partial charge in [0.15, 0.2) is 0 Å². The number of aromatic nitrogens is 3. The topological polar surface area (TPSA) is 98.2 Å². The number of pyridine rings is 1. The van der Waals surface area contributed by atoms with E-state index in [1.165, 1.54) is 18.3 Å². The van der Waals surface area contributed by atoms with Crippen molar-refractivity contribution in [1.29, 1.82) is 0 Å². The van der Waals surface area contributed by atoms with E-state index in [1.807, 2.05) is 74.5 Å². The molecule has 9 heteroatoms. The molecule has 1 aliphatic heterocycles. The van der Waals surface area contributed by atoms with Gasteiger partial charge in [-0.25, -0.2) is 9.97 Å². The van der Waals surface area contributed by atoms with Crippen LogP contribution in [0.1, 0.15) is 13.8 Å². The van der Waals surface area contributed by atoms with E-state index in [9.17, 15) is 10.1 Å². The third kappa shape index (κ3) is 4.43. The number of anilines is 2. The first-order valence-electron chi connectivity index (χ1n) is 11.0. The van der Waals surface area contributed by atoms with Crippen LogP contribution >= 0.6 is 11.6 Å². The van der Waals surface area contributed by atoms with Gasteiger partial charge < -0.3 is 9.88 Å². The van der Waals surface area contributed by atoms with Crippen LogP contribution in [0.2, 0.25) is 5.02 Å². The first-order chi connectivity index (χ1) is 16.9. The van der Waals surface area contributed by atoms with Gasteiger partial charge in [0.05, 0.1) is 38.4 Å². The summed E-state index contributed by atoms with van der Waals surface area (Å²) in [5, 5.41) is 16.0. The molecule has 2 aromatic carbocycles. The lowest BCUT2D eigenvalue weighted by Crippen LogP contribution is -2.17. The molecular weight excluding hydrogens is 464 g/mol. The van der Waals surface area contributed by atoms with Crippen molar-refractivity contribution in [3.05, 3.63) is 99.5 Å². The molecule has 0 amide bonds. The van der Waals surface area contributed by atoms with E-state index in [-0.39, 0.29) is 17.5 Å². The van der Waals surface area contributed by atoms with E-state index in [4.69, 9.17) is 21.6 Å². The summed E-state index contributed by atoms with van der Waals surface area (Å²) >= 11 is 6.15. The van der Waals surface area contributed by atoms with Crippen molar-refractivity contribution in [3.63, 3.8) is 0 Å². The van der Waals surface area contributed by atoms with Crippen molar-refractivity contribution < 1.29 is 4.92 Å². The summed E-state index contributed by atoms with van der Waals surface area (Å²) in [6.45, 7) is 3.95. The number of rotatable bonds is 5. The maximum atomic E-state index is 11.5. The van der Waals surface area contributed by atoms with Crippen molar-refractivity contribution in [1.82, 2.24) is 14.5 Å². The Morgan fingerprint density at radius 3 is 2.57 bits per heavy atom. The highest BCUT2D eigenvalue weighted by atomic mass is 35.5. The minimum Gasteiger partial charge on any atom is -0.333 e. The first-order valence-corrected chi connectivity index (χ1v) is 11.4. The van der Waals surface area contributed by atoms with Crippen molar-refractivity contribution in [2.75, 3.05) is 5.32 Å². The smallest absolute Gasteiger partial charge is 0.311 e. The van der Waals surface area contributed by atoms with Crippen LogP contribution in [0.25, 0.3) is 28.1 Å². The molecule has 8 nitrogen and oxygen atoms in total. The molecule has 1 aliphatic carbocycles. The Bertz CT molecular complexity index is 1590. The minimum absolute atomic E-state index is 0.0101. The second-order valence-electron chi connectivity index (χ2n) is 8.25. The molecule has 0 unspecified atom stereocenters. The van der Waals surface area contributed by atoms with Crippen molar-refractivity contribution >= 4 is 39.8 Å². The third-order valence-electron chi connectivity index (χ3n) is 5.42. The second kappa shape index (κ2) is 9.15. The van der Waals surface area contributed by atoms with Crippen molar-refractivity contribution in [2.24, 2.45) is 4.99 Å². The van der Waals surface area contributed by atoms with Crippen LogP contribution in [0, 0.1) is 10.1 Å². The van der Waals surface area contributed by atoms with Crippen LogP contribution < -0.4 is 10.7 Å². The number of nitro groups is 1. The number of fused-ring (bicyclic) bond motifs is 2. The fraction of sp³-hybridized carbons (Fsp3) is 0.115. The van der Waals surface area contributed by atoms with Gasteiger partial charge in [-0.3, -0.25) is 15.1 Å². The lowest BCUT2D eigenvalue weighted by Gasteiger charge is -2.20. The summed E-state index contributed by atoms with van der Waals surface area (Å²) in [6.07, 6.45) is 1.51. The van der Waals surface area contributed by atoms with Crippen LogP contribution in [-0.4, -0.2) is 25.5 Å². The van der Waals surface area contributed by atoms with Gasteiger partial charge in [-0.15, -0.1) is 0 Å². The van der Waals surface area contributed by atoms with Gasteiger partial charge in [0.1, 0.15) is 0 Å². The molecule has 174 valence electrons. The summed E-state index contributed by atoms with van der Waals surface area (Å²) in [6, 6.07) is 22.2. The predicted molar refractivity (Wildman–Crippen MR) is 138 cm³/mol. The van der Waals surface area contributed by atoms with E-state index in [0.29, 0.717) is 21.8 Å². The van der Waals surface area contributed by atoms with Gasteiger partial charge in [0.25, 0.3) is 0 Å². The fourth-order valence-electron chi connectivity index (χ4n) is 3.96. The monoisotopic (exact) mass is 484 g/mol. The van der Waals surface area contributed by atoms with E-state index in [2.05, 4.69) is 14.9 Å². The zero-order chi connectivity index (χ0) is 24.5. The Labute approximate surface area is 206 Å². The van der Waals surface area contributed by atoms with Gasteiger partial charge in [-0.1, -0.05) is 23.7 Å². The molecule has 0 atom stereocenters. The number of nitrogens with one attached hydrogen (secondary N) is 1. The molecular formula is C26H21ClN6O2. The van der Waals surface area contributed by atoms with Gasteiger partial charge >= 0.3 is 5.69 Å². The van der Waals surface area contributed by atoms with E-state index in [0.717, 1.165) is 22.4 Å². The molecule has 5 rings (SSSR count). The number of benzene rings is 3. The van der Waals surface area contributed by atoms with Crippen molar-refractivity contribution in [3.8, 4) is 17.1 Å². The molecule has 1 N–H and O–H groups in total. The average Bonchev–Trinajstić information content (AvgIpc) is 2.84. The molecule has 2 heterocycles. The number of para-hydroxylation sites is 2. The molecule has 0 fully saturated rings. The highest BCUT2D eigenvalue weighted by Gasteiger charge is 2.19. The lowest BCUT2D eigenvalue weighted by molar-refractivity contribution is -0.384. The normalized spacial score (nSPS) is 11.9. The molecule has 3 aromatic rings.